The highest BCUT2D eigenvalue weighted by Gasteiger charge is 2.12. The third-order valence-electron chi connectivity index (χ3n) is 2.18. The number of halogens is 1. The summed E-state index contributed by atoms with van der Waals surface area (Å²) in [6, 6.07) is 3.49. The number of pyridine rings is 1. The summed E-state index contributed by atoms with van der Waals surface area (Å²) in [5.74, 6) is -0.104. The molecule has 4 nitrogen and oxygen atoms in total. The molecule has 0 aliphatic heterocycles. The predicted molar refractivity (Wildman–Crippen MR) is 63.3 cm³/mol. The molecule has 2 aromatic rings. The molecule has 0 aromatic carbocycles. The molecule has 0 unspecified atom stereocenters. The summed E-state index contributed by atoms with van der Waals surface area (Å²) in [5.41, 5.74) is 0.996. The van der Waals surface area contributed by atoms with E-state index in [9.17, 15) is 4.79 Å². The van der Waals surface area contributed by atoms with E-state index in [1.807, 2.05) is 6.92 Å². The van der Waals surface area contributed by atoms with E-state index in [1.54, 1.807) is 35.4 Å². The Labute approximate surface area is 101 Å². The second-order valence-corrected chi connectivity index (χ2v) is 4.19. The highest BCUT2D eigenvalue weighted by atomic mass is 79.9. The number of carbonyl (C=O) groups is 1. The normalized spacial score (nSPS) is 10.4. The third-order valence-corrected chi connectivity index (χ3v) is 2.65. The molecule has 16 heavy (non-hydrogen) atoms. The van der Waals surface area contributed by atoms with E-state index in [0.717, 1.165) is 11.0 Å². The lowest BCUT2D eigenvalue weighted by molar-refractivity contribution is 0.103. The van der Waals surface area contributed by atoms with E-state index in [2.05, 4.69) is 26.0 Å². The molecule has 0 fully saturated rings. The first-order chi connectivity index (χ1) is 7.70. The fourth-order valence-electron chi connectivity index (χ4n) is 1.31. The van der Waals surface area contributed by atoms with Gasteiger partial charge in [0.2, 0.25) is 5.78 Å². The Morgan fingerprint density at radius 2 is 2.25 bits per heavy atom. The lowest BCUT2D eigenvalue weighted by atomic mass is 10.1. The van der Waals surface area contributed by atoms with Crippen LogP contribution in [0.3, 0.4) is 0 Å². The molecule has 0 aliphatic carbocycles. The zero-order valence-electron chi connectivity index (χ0n) is 8.72. The molecule has 5 heteroatoms. The van der Waals surface area contributed by atoms with Crippen LogP contribution >= 0.6 is 15.9 Å². The second-order valence-electron chi connectivity index (χ2n) is 3.28. The molecule has 2 rings (SSSR count). The molecule has 0 saturated carbocycles. The minimum absolute atomic E-state index is 0.104. The number of hydrogen-bond acceptors (Lipinski definition) is 3. The Bertz CT molecular complexity index is 504. The fourth-order valence-corrected chi connectivity index (χ4v) is 1.55. The highest BCUT2D eigenvalue weighted by Crippen LogP contribution is 2.11. The Morgan fingerprint density at radius 1 is 1.44 bits per heavy atom. The Morgan fingerprint density at radius 3 is 2.81 bits per heavy atom. The van der Waals surface area contributed by atoms with Gasteiger partial charge < -0.3 is 0 Å². The summed E-state index contributed by atoms with van der Waals surface area (Å²) < 4.78 is 2.57. The minimum atomic E-state index is -0.104. The van der Waals surface area contributed by atoms with Crippen LogP contribution in [0.4, 0.5) is 0 Å². The van der Waals surface area contributed by atoms with Crippen LogP contribution in [0.15, 0.2) is 35.2 Å². The van der Waals surface area contributed by atoms with Gasteiger partial charge >= 0.3 is 0 Å². The Hall–Kier alpha value is -1.49. The van der Waals surface area contributed by atoms with Crippen molar-refractivity contribution in [1.82, 2.24) is 14.8 Å². The van der Waals surface area contributed by atoms with Crippen molar-refractivity contribution in [3.8, 4) is 0 Å². The van der Waals surface area contributed by atoms with E-state index in [1.165, 1.54) is 0 Å². The monoisotopic (exact) mass is 279 g/mol. The van der Waals surface area contributed by atoms with Gasteiger partial charge in [0, 0.05) is 23.4 Å². The first-order valence-corrected chi connectivity index (χ1v) is 5.68. The summed E-state index contributed by atoms with van der Waals surface area (Å²) in [5, 5.41) is 4.06. The van der Waals surface area contributed by atoms with E-state index in [0.29, 0.717) is 11.3 Å². The van der Waals surface area contributed by atoms with Crippen molar-refractivity contribution in [3.63, 3.8) is 0 Å². The fraction of sp³-hybridized carbons (Fsp3) is 0.182. The lowest BCUT2D eigenvalue weighted by Crippen LogP contribution is -2.02. The van der Waals surface area contributed by atoms with Gasteiger partial charge in [0.15, 0.2) is 0 Å². The Balaban J connectivity index is 2.28. The summed E-state index contributed by atoms with van der Waals surface area (Å²) >= 11 is 3.28. The van der Waals surface area contributed by atoms with Gasteiger partial charge in [-0.25, -0.2) is 0 Å². The van der Waals surface area contributed by atoms with Gasteiger partial charge in [-0.3, -0.25) is 14.5 Å². The van der Waals surface area contributed by atoms with Crippen LogP contribution in [-0.2, 0) is 6.54 Å². The molecule has 0 saturated heterocycles. The number of rotatable bonds is 3. The number of hydrogen-bond donors (Lipinski definition) is 0. The van der Waals surface area contributed by atoms with Crippen molar-refractivity contribution >= 4 is 21.7 Å². The summed E-state index contributed by atoms with van der Waals surface area (Å²) in [7, 11) is 0. The average Bonchev–Trinajstić information content (AvgIpc) is 2.77. The molecular formula is C11H10BrN3O. The lowest BCUT2D eigenvalue weighted by Gasteiger charge is -1.96. The van der Waals surface area contributed by atoms with Crippen molar-refractivity contribution in [2.75, 3.05) is 0 Å². The van der Waals surface area contributed by atoms with Crippen molar-refractivity contribution in [2.45, 2.75) is 13.5 Å². The molecule has 0 aliphatic rings. The molecule has 2 aromatic heterocycles. The maximum atomic E-state index is 12.0. The number of ketones is 1. The molecule has 0 spiro atoms. The molecular weight excluding hydrogens is 270 g/mol. The molecule has 0 amide bonds. The van der Waals surface area contributed by atoms with E-state index < -0.39 is 0 Å². The predicted octanol–water partition coefficient (Wildman–Crippen LogP) is 2.29. The minimum Gasteiger partial charge on any atom is -0.287 e. The number of aryl methyl sites for hydroxylation is 1. The van der Waals surface area contributed by atoms with Crippen LogP contribution in [0.25, 0.3) is 0 Å². The van der Waals surface area contributed by atoms with Crippen molar-refractivity contribution in [3.05, 3.63) is 46.5 Å². The van der Waals surface area contributed by atoms with Gasteiger partial charge in [-0.15, -0.1) is 0 Å². The van der Waals surface area contributed by atoms with Crippen LogP contribution in [0, 0.1) is 0 Å². The van der Waals surface area contributed by atoms with Gasteiger partial charge in [-0.2, -0.15) is 5.10 Å². The van der Waals surface area contributed by atoms with Gasteiger partial charge in [0.25, 0.3) is 0 Å². The van der Waals surface area contributed by atoms with Gasteiger partial charge in [-0.05, 0) is 35.0 Å². The molecule has 2 heterocycles. The smallest absolute Gasteiger partial charge is 0.214 e. The molecule has 0 N–H and O–H groups in total. The van der Waals surface area contributed by atoms with Crippen LogP contribution in [0.1, 0.15) is 23.0 Å². The molecule has 0 radical (unpaired) electrons. The SMILES string of the molecule is CCn1cc(C(=O)c2ccc(Br)cn2)cn1. The van der Waals surface area contributed by atoms with E-state index in [4.69, 9.17) is 0 Å². The van der Waals surface area contributed by atoms with Gasteiger partial charge in [0.05, 0.1) is 11.8 Å². The standard InChI is InChI=1S/C11H10BrN3O/c1-2-15-7-8(5-14-15)11(16)10-4-3-9(12)6-13-10/h3-7H,2H2,1H3. The maximum Gasteiger partial charge on any atom is 0.214 e. The van der Waals surface area contributed by atoms with Gasteiger partial charge in [-0.1, -0.05) is 0 Å². The quantitative estimate of drug-likeness (QED) is 0.810. The van der Waals surface area contributed by atoms with Crippen molar-refractivity contribution in [2.24, 2.45) is 0 Å². The van der Waals surface area contributed by atoms with Crippen molar-refractivity contribution < 1.29 is 4.79 Å². The number of carbonyl (C=O) groups excluding carboxylic acids is 1. The summed E-state index contributed by atoms with van der Waals surface area (Å²) in [4.78, 5) is 16.0. The zero-order valence-corrected chi connectivity index (χ0v) is 10.3. The first kappa shape index (κ1) is 11.0. The maximum absolute atomic E-state index is 12.0. The second kappa shape index (κ2) is 4.57. The number of aromatic nitrogens is 3. The van der Waals surface area contributed by atoms with Crippen LogP contribution < -0.4 is 0 Å². The largest absolute Gasteiger partial charge is 0.287 e. The van der Waals surface area contributed by atoms with Crippen LogP contribution in [-0.4, -0.2) is 20.5 Å². The van der Waals surface area contributed by atoms with Gasteiger partial charge in [0.1, 0.15) is 5.69 Å². The third kappa shape index (κ3) is 2.19. The summed E-state index contributed by atoms with van der Waals surface area (Å²) in [6.07, 6.45) is 4.90. The van der Waals surface area contributed by atoms with Crippen LogP contribution in [0.2, 0.25) is 0 Å². The topological polar surface area (TPSA) is 47.8 Å². The molecule has 0 atom stereocenters. The number of nitrogens with zero attached hydrogens (tertiary/aromatic N) is 3. The summed E-state index contributed by atoms with van der Waals surface area (Å²) in [6.45, 7) is 2.72. The van der Waals surface area contributed by atoms with E-state index >= 15 is 0 Å². The van der Waals surface area contributed by atoms with Crippen LogP contribution in [0.5, 0.6) is 0 Å². The zero-order chi connectivity index (χ0) is 11.5. The van der Waals surface area contributed by atoms with Crippen molar-refractivity contribution in [1.29, 1.82) is 0 Å². The molecule has 82 valence electrons. The molecule has 0 bridgehead atoms. The first-order valence-electron chi connectivity index (χ1n) is 4.89. The highest BCUT2D eigenvalue weighted by molar-refractivity contribution is 9.10. The van der Waals surface area contributed by atoms with E-state index in [-0.39, 0.29) is 5.78 Å². The average molecular weight is 280 g/mol. The Kier molecular flexibility index (Phi) is 3.14.